The van der Waals surface area contributed by atoms with E-state index < -0.39 is 5.97 Å². The quantitative estimate of drug-likeness (QED) is 0.742. The molecule has 2 nitrogen and oxygen atoms in total. The molecular formula is C8H16O2Zr. The third kappa shape index (κ3) is 13.4. The second-order valence-electron chi connectivity index (χ2n) is 3.03. The van der Waals surface area contributed by atoms with Gasteiger partial charge in [-0.05, 0) is 12.3 Å². The van der Waals surface area contributed by atoms with Crippen LogP contribution in [-0.2, 0) is 31.0 Å². The number of aliphatic carboxylic acids is 1. The van der Waals surface area contributed by atoms with Gasteiger partial charge < -0.3 is 5.11 Å². The van der Waals surface area contributed by atoms with E-state index >= 15 is 0 Å². The van der Waals surface area contributed by atoms with Gasteiger partial charge in [0, 0.05) is 32.6 Å². The monoisotopic (exact) mass is 234 g/mol. The maximum absolute atomic E-state index is 10.0. The van der Waals surface area contributed by atoms with Crippen molar-refractivity contribution in [2.45, 2.75) is 39.5 Å². The normalized spacial score (nSPS) is 9.36. The molecule has 0 bridgehead atoms. The van der Waals surface area contributed by atoms with Crippen LogP contribution in [-0.4, -0.2) is 11.1 Å². The van der Waals surface area contributed by atoms with Gasteiger partial charge in [0.25, 0.3) is 0 Å². The summed E-state index contributed by atoms with van der Waals surface area (Å²) in [6.45, 7) is 4.31. The molecule has 0 aromatic heterocycles. The SMILES string of the molecule is CC(C)CCCCC(=O)O.[Zr]. The standard InChI is InChI=1S/C8H16O2.Zr/c1-7(2)5-3-4-6-8(9)10;/h7H,3-6H2,1-2H3,(H,9,10);. The van der Waals surface area contributed by atoms with Crippen LogP contribution in [0, 0.1) is 5.92 Å². The molecule has 0 atom stereocenters. The molecule has 0 unspecified atom stereocenters. The summed E-state index contributed by atoms with van der Waals surface area (Å²) in [5, 5.41) is 8.28. The van der Waals surface area contributed by atoms with Gasteiger partial charge in [0.2, 0.25) is 0 Å². The largest absolute Gasteiger partial charge is 0.481 e. The van der Waals surface area contributed by atoms with E-state index in [0.717, 1.165) is 19.3 Å². The van der Waals surface area contributed by atoms with Crippen LogP contribution in [0.15, 0.2) is 0 Å². The zero-order valence-electron chi connectivity index (χ0n) is 7.26. The smallest absolute Gasteiger partial charge is 0.303 e. The van der Waals surface area contributed by atoms with Crippen LogP contribution in [0.25, 0.3) is 0 Å². The third-order valence-corrected chi connectivity index (χ3v) is 1.42. The molecule has 64 valence electrons. The van der Waals surface area contributed by atoms with E-state index in [2.05, 4.69) is 13.8 Å². The minimum Gasteiger partial charge on any atom is -0.481 e. The molecule has 0 fully saturated rings. The molecule has 0 aromatic rings. The Balaban J connectivity index is 0. The maximum Gasteiger partial charge on any atom is 0.303 e. The summed E-state index contributed by atoms with van der Waals surface area (Å²) < 4.78 is 0. The Morgan fingerprint density at radius 3 is 2.27 bits per heavy atom. The molecule has 0 spiro atoms. The van der Waals surface area contributed by atoms with Crippen LogP contribution in [0.3, 0.4) is 0 Å². The van der Waals surface area contributed by atoms with Crippen molar-refractivity contribution < 1.29 is 36.1 Å². The number of unbranched alkanes of at least 4 members (excludes halogenated alkanes) is 1. The van der Waals surface area contributed by atoms with Gasteiger partial charge in [0.05, 0.1) is 0 Å². The minimum atomic E-state index is -0.677. The number of carbonyl (C=O) groups is 1. The molecule has 11 heavy (non-hydrogen) atoms. The van der Waals surface area contributed by atoms with E-state index in [1.165, 1.54) is 0 Å². The van der Waals surface area contributed by atoms with Crippen molar-refractivity contribution >= 4 is 5.97 Å². The fourth-order valence-electron chi connectivity index (χ4n) is 0.829. The van der Waals surface area contributed by atoms with Crippen molar-refractivity contribution in [1.82, 2.24) is 0 Å². The Labute approximate surface area is 87.5 Å². The van der Waals surface area contributed by atoms with Crippen molar-refractivity contribution in [3.05, 3.63) is 0 Å². The molecule has 0 aliphatic rings. The maximum atomic E-state index is 10.0. The molecule has 0 aromatic carbocycles. The van der Waals surface area contributed by atoms with Crippen LogP contribution in [0.5, 0.6) is 0 Å². The topological polar surface area (TPSA) is 37.3 Å². The average Bonchev–Trinajstić information content (AvgIpc) is 1.79. The summed E-state index contributed by atoms with van der Waals surface area (Å²) in [5.74, 6) is 0.0255. The average molecular weight is 235 g/mol. The van der Waals surface area contributed by atoms with Crippen LogP contribution >= 0.6 is 0 Å². The van der Waals surface area contributed by atoms with Crippen LogP contribution < -0.4 is 0 Å². The van der Waals surface area contributed by atoms with E-state index in [0.29, 0.717) is 12.3 Å². The van der Waals surface area contributed by atoms with Crippen LogP contribution in [0.2, 0.25) is 0 Å². The summed E-state index contributed by atoms with van der Waals surface area (Å²) in [5.41, 5.74) is 0. The third-order valence-electron chi connectivity index (χ3n) is 1.42. The van der Waals surface area contributed by atoms with Gasteiger partial charge >= 0.3 is 5.97 Å². The molecule has 0 aliphatic heterocycles. The Morgan fingerprint density at radius 1 is 1.36 bits per heavy atom. The number of rotatable bonds is 5. The molecular weight excluding hydrogens is 219 g/mol. The van der Waals surface area contributed by atoms with Crippen molar-refractivity contribution in [2.24, 2.45) is 5.92 Å². The number of hydrogen-bond acceptors (Lipinski definition) is 1. The van der Waals surface area contributed by atoms with Gasteiger partial charge in [-0.15, -0.1) is 0 Å². The molecule has 0 saturated heterocycles. The fraction of sp³-hybridized carbons (Fsp3) is 0.875. The summed E-state index contributed by atoms with van der Waals surface area (Å²) in [6.07, 6.45) is 3.34. The first-order valence-corrected chi connectivity index (χ1v) is 3.84. The predicted molar refractivity (Wildman–Crippen MR) is 40.9 cm³/mol. The number of hydrogen-bond donors (Lipinski definition) is 1. The summed E-state index contributed by atoms with van der Waals surface area (Å²) in [4.78, 5) is 10.0. The van der Waals surface area contributed by atoms with Crippen molar-refractivity contribution in [1.29, 1.82) is 0 Å². The summed E-state index contributed by atoms with van der Waals surface area (Å²) >= 11 is 0. The molecule has 3 heteroatoms. The van der Waals surface area contributed by atoms with Gasteiger partial charge in [-0.3, -0.25) is 4.79 Å². The Bertz CT molecular complexity index is 102. The van der Waals surface area contributed by atoms with Crippen molar-refractivity contribution in [3.63, 3.8) is 0 Å². The first-order chi connectivity index (χ1) is 4.63. The zero-order chi connectivity index (χ0) is 7.98. The van der Waals surface area contributed by atoms with Crippen molar-refractivity contribution in [3.8, 4) is 0 Å². The molecule has 0 heterocycles. The second-order valence-corrected chi connectivity index (χ2v) is 3.03. The Hall–Kier alpha value is 0.353. The molecule has 1 N–H and O–H groups in total. The number of carboxylic acids is 1. The van der Waals surface area contributed by atoms with Crippen LogP contribution in [0.1, 0.15) is 39.5 Å². The second kappa shape index (κ2) is 8.45. The molecule has 0 saturated carbocycles. The fourth-order valence-corrected chi connectivity index (χ4v) is 0.829. The molecule has 0 rings (SSSR count). The van der Waals surface area contributed by atoms with Crippen LogP contribution in [0.4, 0.5) is 0 Å². The molecule has 0 amide bonds. The van der Waals surface area contributed by atoms with E-state index in [9.17, 15) is 4.79 Å². The van der Waals surface area contributed by atoms with Gasteiger partial charge in [-0.1, -0.05) is 26.7 Å². The van der Waals surface area contributed by atoms with E-state index in [-0.39, 0.29) is 26.2 Å². The summed E-state index contributed by atoms with van der Waals surface area (Å²) in [7, 11) is 0. The van der Waals surface area contributed by atoms with Gasteiger partial charge in [-0.2, -0.15) is 0 Å². The van der Waals surface area contributed by atoms with E-state index in [1.54, 1.807) is 0 Å². The Kier molecular flexibility index (Phi) is 10.7. The molecule has 0 aliphatic carbocycles. The zero-order valence-corrected chi connectivity index (χ0v) is 9.72. The predicted octanol–water partition coefficient (Wildman–Crippen LogP) is 2.28. The van der Waals surface area contributed by atoms with Gasteiger partial charge in [0.1, 0.15) is 0 Å². The molecule has 0 radical (unpaired) electrons. The van der Waals surface area contributed by atoms with Gasteiger partial charge in [-0.25, -0.2) is 0 Å². The first kappa shape index (κ1) is 13.9. The van der Waals surface area contributed by atoms with E-state index in [1.807, 2.05) is 0 Å². The minimum absolute atomic E-state index is 0. The first-order valence-electron chi connectivity index (χ1n) is 3.84. The van der Waals surface area contributed by atoms with E-state index in [4.69, 9.17) is 5.11 Å². The summed E-state index contributed by atoms with van der Waals surface area (Å²) in [6, 6.07) is 0. The van der Waals surface area contributed by atoms with Crippen molar-refractivity contribution in [2.75, 3.05) is 0 Å². The van der Waals surface area contributed by atoms with Gasteiger partial charge in [0.15, 0.2) is 0 Å². The number of carboxylic acid groups (broad SMARTS) is 1. The Morgan fingerprint density at radius 2 is 1.91 bits per heavy atom.